The van der Waals surface area contributed by atoms with E-state index in [-0.39, 0.29) is 44.1 Å². The molecule has 8 rings (SSSR count). The average Bonchev–Trinajstić information content (AvgIpc) is 3.28. The molecule has 0 saturated heterocycles. The smallest absolute Gasteiger partial charge is 0.381 e. The zero-order chi connectivity index (χ0) is 43.6. The first-order valence-corrected chi connectivity index (χ1v) is 19.5. The molecule has 0 bridgehead atoms. The van der Waals surface area contributed by atoms with E-state index in [1.54, 1.807) is 60.7 Å². The molecule has 0 unspecified atom stereocenters. The van der Waals surface area contributed by atoms with E-state index in [0.29, 0.717) is 35.6 Å². The maximum Gasteiger partial charge on any atom is 0.418 e. The van der Waals surface area contributed by atoms with Crippen molar-refractivity contribution in [1.82, 2.24) is 9.97 Å². The van der Waals surface area contributed by atoms with E-state index < -0.39 is 29.3 Å². The number of nitrogens with one attached hydrogen (secondary N) is 2. The van der Waals surface area contributed by atoms with Gasteiger partial charge in [-0.15, -0.1) is 0 Å². The number of carbonyl (C=O) groups is 1. The Kier molecular flexibility index (Phi) is 11.2. The third-order valence-electron chi connectivity index (χ3n) is 10.6. The molecule has 0 aliphatic carbocycles. The van der Waals surface area contributed by atoms with E-state index in [4.69, 9.17) is 0 Å². The van der Waals surface area contributed by atoms with Crippen LogP contribution < -0.4 is 10.6 Å². The van der Waals surface area contributed by atoms with Gasteiger partial charge >= 0.3 is 12.4 Å². The molecule has 0 radical (unpaired) electrons. The first-order chi connectivity index (χ1) is 29.8. The number of alkyl halides is 6. The molecule has 0 atom stereocenters. The molecule has 0 amide bonds. The number of benzene rings is 6. The topological polar surface area (TPSA) is 66.9 Å². The van der Waals surface area contributed by atoms with Gasteiger partial charge in [0, 0.05) is 69.9 Å². The predicted octanol–water partition coefficient (Wildman–Crippen LogP) is 13.9. The van der Waals surface area contributed by atoms with E-state index in [1.807, 2.05) is 48.5 Å². The van der Waals surface area contributed by atoms with Crippen molar-refractivity contribution in [2.45, 2.75) is 25.4 Å². The Hall–Kier alpha value is -7.53. The second-order valence-electron chi connectivity index (χ2n) is 14.6. The van der Waals surface area contributed by atoms with Gasteiger partial charge in [-0.3, -0.25) is 14.8 Å². The number of aromatic nitrogens is 2. The molecule has 0 saturated carbocycles. The molecule has 0 aliphatic rings. The third kappa shape index (κ3) is 8.42. The van der Waals surface area contributed by atoms with E-state index in [2.05, 4.69) is 33.8 Å². The number of carbonyl (C=O) groups excluding carboxylic acids is 1. The number of ketones is 1. The summed E-state index contributed by atoms with van der Waals surface area (Å²) in [6.07, 6.45) is -3.86. The summed E-state index contributed by atoms with van der Waals surface area (Å²) >= 11 is 0. The maximum atomic E-state index is 15.2. The summed E-state index contributed by atoms with van der Waals surface area (Å²) in [6, 6.07) is 36.7. The molecule has 2 aromatic heterocycles. The summed E-state index contributed by atoms with van der Waals surface area (Å²) in [5.41, 5.74) is 3.31. The second kappa shape index (κ2) is 16.8. The highest BCUT2D eigenvalue weighted by Crippen LogP contribution is 2.43. The molecule has 6 aromatic carbocycles. The molecular weight excluding hydrogens is 799 g/mol. The highest BCUT2D eigenvalue weighted by Gasteiger charge is 2.36. The number of hydrogen-bond acceptors (Lipinski definition) is 5. The second-order valence-corrected chi connectivity index (χ2v) is 14.6. The lowest BCUT2D eigenvalue weighted by Crippen LogP contribution is -2.12. The van der Waals surface area contributed by atoms with Crippen molar-refractivity contribution in [2.24, 2.45) is 0 Å². The molecule has 0 spiro atoms. The average molecular weight is 835 g/mol. The van der Waals surface area contributed by atoms with Gasteiger partial charge in [0.1, 0.15) is 0 Å². The Morgan fingerprint density at radius 1 is 0.532 bits per heavy atom. The van der Waals surface area contributed by atoms with Crippen LogP contribution >= 0.6 is 0 Å². The standard InChI is InChI=1S/C51H36F6N4O/c1-3-31-11-5-13-33(23-31)27-58-37-17-7-15-35(25-37)45-39-19-9-21-43(50(52,53)54)47(39)60-29-41(45)49(62)42-30-61-48-40(20-10-22-44(48)51(55,56)57)46(42)36-16-8-18-38(26-36)59-28-34-14-6-12-32(4-2)24-34/h3-26,29-30,58-59H,1-2,27-28H2. The third-order valence-corrected chi connectivity index (χ3v) is 10.6. The Labute approximate surface area is 353 Å². The predicted molar refractivity (Wildman–Crippen MR) is 236 cm³/mol. The van der Waals surface area contributed by atoms with Crippen LogP contribution in [0.15, 0.2) is 159 Å². The summed E-state index contributed by atoms with van der Waals surface area (Å²) < 4.78 is 86.8. The fraction of sp³-hybridized carbons (Fsp3) is 0.0784. The number of halogens is 6. The Morgan fingerprint density at radius 2 is 0.935 bits per heavy atom. The quantitative estimate of drug-likeness (QED) is 0.0948. The minimum absolute atomic E-state index is 0.0582. The van der Waals surface area contributed by atoms with Crippen molar-refractivity contribution in [3.63, 3.8) is 0 Å². The zero-order valence-electron chi connectivity index (χ0n) is 32.9. The van der Waals surface area contributed by atoms with Crippen LogP contribution in [0.1, 0.15) is 49.3 Å². The Bertz CT molecular complexity index is 2820. The highest BCUT2D eigenvalue weighted by molar-refractivity contribution is 6.21. The van der Waals surface area contributed by atoms with Crippen LogP contribution in [0.5, 0.6) is 0 Å². The summed E-state index contributed by atoms with van der Waals surface area (Å²) in [6.45, 7) is 8.47. The molecule has 0 fully saturated rings. The van der Waals surface area contributed by atoms with Gasteiger partial charge in [-0.05, 0) is 69.8 Å². The van der Waals surface area contributed by atoms with Crippen LogP contribution in [0.25, 0.3) is 56.2 Å². The number of fused-ring (bicyclic) bond motifs is 2. The minimum atomic E-state index is -4.77. The summed E-state index contributed by atoms with van der Waals surface area (Å²) in [5, 5.41) is 6.83. The molecule has 5 nitrogen and oxygen atoms in total. The Morgan fingerprint density at radius 3 is 1.34 bits per heavy atom. The van der Waals surface area contributed by atoms with Gasteiger partial charge in [0.2, 0.25) is 0 Å². The van der Waals surface area contributed by atoms with Gasteiger partial charge in [-0.2, -0.15) is 26.3 Å². The molecule has 308 valence electrons. The fourth-order valence-corrected chi connectivity index (χ4v) is 7.65. The summed E-state index contributed by atoms with van der Waals surface area (Å²) in [4.78, 5) is 23.7. The molecule has 11 heteroatoms. The molecular formula is C51H36F6N4O. The number of hydrogen-bond donors (Lipinski definition) is 2. The molecule has 2 heterocycles. The van der Waals surface area contributed by atoms with Crippen LogP contribution in [0, 0.1) is 0 Å². The van der Waals surface area contributed by atoms with Crippen molar-refractivity contribution in [3.8, 4) is 22.3 Å². The zero-order valence-corrected chi connectivity index (χ0v) is 32.9. The lowest BCUT2D eigenvalue weighted by Gasteiger charge is -2.19. The summed E-state index contributed by atoms with van der Waals surface area (Å²) in [7, 11) is 0. The maximum absolute atomic E-state index is 15.2. The lowest BCUT2D eigenvalue weighted by molar-refractivity contribution is -0.137. The molecule has 2 N–H and O–H groups in total. The van der Waals surface area contributed by atoms with Crippen molar-refractivity contribution in [2.75, 3.05) is 10.6 Å². The highest BCUT2D eigenvalue weighted by atomic mass is 19.4. The molecule has 8 aromatic rings. The molecule has 62 heavy (non-hydrogen) atoms. The normalized spacial score (nSPS) is 11.7. The monoisotopic (exact) mass is 834 g/mol. The van der Waals surface area contributed by atoms with Crippen LogP contribution in [0.3, 0.4) is 0 Å². The van der Waals surface area contributed by atoms with E-state index >= 15 is 4.79 Å². The van der Waals surface area contributed by atoms with Gasteiger partial charge in [0.05, 0.1) is 22.2 Å². The minimum Gasteiger partial charge on any atom is -0.381 e. The van der Waals surface area contributed by atoms with Crippen molar-refractivity contribution < 1.29 is 31.1 Å². The van der Waals surface area contributed by atoms with E-state index in [1.165, 1.54) is 24.3 Å². The SMILES string of the molecule is C=Cc1cccc(CNc2cccc(-c3c(C(=O)c4cnc5c(C(F)(F)F)cccc5c4-c4cccc(NCc5cccc(C=C)c5)c4)cnc4c(C(F)(F)F)cccc34)c2)c1. The first kappa shape index (κ1) is 41.2. The fourth-order valence-electron chi connectivity index (χ4n) is 7.65. The van der Waals surface area contributed by atoms with Gasteiger partial charge in [-0.25, -0.2) is 0 Å². The van der Waals surface area contributed by atoms with Crippen LogP contribution in [-0.4, -0.2) is 15.8 Å². The van der Waals surface area contributed by atoms with Crippen molar-refractivity contribution in [3.05, 3.63) is 204 Å². The van der Waals surface area contributed by atoms with Gasteiger partial charge in [0.25, 0.3) is 0 Å². The number of pyridine rings is 2. The number of rotatable bonds is 12. The van der Waals surface area contributed by atoms with Crippen LogP contribution in [0.2, 0.25) is 0 Å². The van der Waals surface area contributed by atoms with Gasteiger partial charge < -0.3 is 10.6 Å². The van der Waals surface area contributed by atoms with Crippen molar-refractivity contribution in [1.29, 1.82) is 0 Å². The first-order valence-electron chi connectivity index (χ1n) is 19.5. The molecule has 0 aliphatic heterocycles. The van der Waals surface area contributed by atoms with Gasteiger partial charge in [0.15, 0.2) is 5.78 Å². The summed E-state index contributed by atoms with van der Waals surface area (Å²) in [5.74, 6) is -0.701. The van der Waals surface area contributed by atoms with Crippen LogP contribution in [-0.2, 0) is 25.4 Å². The van der Waals surface area contributed by atoms with Crippen LogP contribution in [0.4, 0.5) is 37.7 Å². The Balaban J connectivity index is 1.29. The van der Waals surface area contributed by atoms with E-state index in [9.17, 15) is 26.3 Å². The number of nitrogens with zero attached hydrogens (tertiary/aromatic N) is 2. The van der Waals surface area contributed by atoms with Crippen molar-refractivity contribution >= 4 is 51.1 Å². The van der Waals surface area contributed by atoms with Gasteiger partial charge in [-0.1, -0.05) is 122 Å². The van der Waals surface area contributed by atoms with E-state index in [0.717, 1.165) is 46.8 Å². The number of para-hydroxylation sites is 2. The largest absolute Gasteiger partial charge is 0.418 e. The lowest BCUT2D eigenvalue weighted by atomic mass is 9.87. The number of anilines is 2.